The number of nitrogens with zero attached hydrogens (tertiary/aromatic N) is 4. The Morgan fingerprint density at radius 2 is 2.00 bits per heavy atom. The minimum atomic E-state index is -0.344. The molecule has 27 heavy (non-hydrogen) atoms. The van der Waals surface area contributed by atoms with Crippen LogP contribution in [0.5, 0.6) is 11.5 Å². The summed E-state index contributed by atoms with van der Waals surface area (Å²) in [6, 6.07) is 11.0. The number of halogens is 1. The first-order chi connectivity index (χ1) is 13.1. The maximum atomic E-state index is 13.0. The molecule has 0 bridgehead atoms. The Bertz CT molecular complexity index is 973. The molecule has 0 unspecified atom stereocenters. The van der Waals surface area contributed by atoms with Crippen molar-refractivity contribution in [2.45, 2.75) is 19.5 Å². The standard InChI is InChI=1S/C18H16FN5O3/c1-11(13-4-7-15-16(8-13)27-10-26-15)20-17(25)9-24-22-18(21-23-24)12-2-5-14(19)6-3-12/h2-8,11H,9-10H2,1H3,(H,20,25)/t11-/m0/s1. The second-order valence-corrected chi connectivity index (χ2v) is 6.05. The van der Waals surface area contributed by atoms with Gasteiger partial charge in [-0.05, 0) is 54.1 Å². The molecule has 2 aromatic carbocycles. The number of benzene rings is 2. The van der Waals surface area contributed by atoms with Crippen molar-refractivity contribution in [2.24, 2.45) is 0 Å². The Morgan fingerprint density at radius 3 is 2.81 bits per heavy atom. The molecule has 1 amide bonds. The average Bonchev–Trinajstić information content (AvgIpc) is 3.30. The summed E-state index contributed by atoms with van der Waals surface area (Å²) in [5.74, 6) is 1.07. The number of carbonyl (C=O) groups excluding carboxylic acids is 1. The molecule has 1 N–H and O–H groups in total. The molecular formula is C18H16FN5O3. The van der Waals surface area contributed by atoms with Gasteiger partial charge in [0.1, 0.15) is 12.4 Å². The molecular weight excluding hydrogens is 353 g/mol. The van der Waals surface area contributed by atoms with E-state index in [1.54, 1.807) is 12.1 Å². The SMILES string of the molecule is C[C@H](NC(=O)Cn1nnc(-c2ccc(F)cc2)n1)c1ccc2c(c1)OCO2. The lowest BCUT2D eigenvalue weighted by atomic mass is 10.1. The lowest BCUT2D eigenvalue weighted by Gasteiger charge is -2.14. The molecule has 8 nitrogen and oxygen atoms in total. The molecule has 0 saturated carbocycles. The molecule has 0 fully saturated rings. The first-order valence-corrected chi connectivity index (χ1v) is 8.31. The fourth-order valence-electron chi connectivity index (χ4n) is 2.71. The van der Waals surface area contributed by atoms with Crippen molar-refractivity contribution in [2.75, 3.05) is 6.79 Å². The Kier molecular flexibility index (Phi) is 4.41. The number of nitrogens with one attached hydrogen (secondary N) is 1. The summed E-state index contributed by atoms with van der Waals surface area (Å²) >= 11 is 0. The third-order valence-electron chi connectivity index (χ3n) is 4.11. The maximum Gasteiger partial charge on any atom is 0.244 e. The van der Waals surface area contributed by atoms with E-state index in [1.807, 2.05) is 25.1 Å². The molecule has 0 saturated heterocycles. The first-order valence-electron chi connectivity index (χ1n) is 8.31. The van der Waals surface area contributed by atoms with Crippen LogP contribution in [0.25, 0.3) is 11.4 Å². The van der Waals surface area contributed by atoms with Crippen LogP contribution in [-0.4, -0.2) is 32.9 Å². The number of hydrogen-bond donors (Lipinski definition) is 1. The highest BCUT2D eigenvalue weighted by Gasteiger charge is 2.17. The minimum Gasteiger partial charge on any atom is -0.454 e. The van der Waals surface area contributed by atoms with Gasteiger partial charge in [-0.25, -0.2) is 4.39 Å². The predicted molar refractivity (Wildman–Crippen MR) is 92.3 cm³/mol. The topological polar surface area (TPSA) is 91.2 Å². The van der Waals surface area contributed by atoms with Crippen molar-refractivity contribution in [3.05, 3.63) is 53.8 Å². The van der Waals surface area contributed by atoms with Gasteiger partial charge in [0.25, 0.3) is 0 Å². The van der Waals surface area contributed by atoms with E-state index in [2.05, 4.69) is 20.7 Å². The van der Waals surface area contributed by atoms with E-state index in [1.165, 1.54) is 16.9 Å². The van der Waals surface area contributed by atoms with E-state index < -0.39 is 0 Å². The van der Waals surface area contributed by atoms with Gasteiger partial charge in [-0.1, -0.05) is 6.07 Å². The summed E-state index contributed by atoms with van der Waals surface area (Å²) in [6.07, 6.45) is 0. The van der Waals surface area contributed by atoms with E-state index in [9.17, 15) is 9.18 Å². The first kappa shape index (κ1) is 17.0. The van der Waals surface area contributed by atoms with Gasteiger partial charge >= 0.3 is 0 Å². The zero-order valence-corrected chi connectivity index (χ0v) is 14.4. The second kappa shape index (κ2) is 7.02. The molecule has 0 spiro atoms. The lowest BCUT2D eigenvalue weighted by molar-refractivity contribution is -0.122. The molecule has 0 radical (unpaired) electrons. The zero-order valence-electron chi connectivity index (χ0n) is 14.4. The van der Waals surface area contributed by atoms with Gasteiger partial charge in [-0.2, -0.15) is 4.80 Å². The van der Waals surface area contributed by atoms with Crippen molar-refractivity contribution < 1.29 is 18.7 Å². The highest BCUT2D eigenvalue weighted by atomic mass is 19.1. The maximum absolute atomic E-state index is 13.0. The minimum absolute atomic E-state index is 0.0803. The van der Waals surface area contributed by atoms with Crippen molar-refractivity contribution in [1.29, 1.82) is 0 Å². The van der Waals surface area contributed by atoms with Crippen molar-refractivity contribution >= 4 is 5.91 Å². The van der Waals surface area contributed by atoms with Crippen LogP contribution in [0.4, 0.5) is 4.39 Å². The van der Waals surface area contributed by atoms with E-state index in [0.29, 0.717) is 22.9 Å². The van der Waals surface area contributed by atoms with Crippen LogP contribution < -0.4 is 14.8 Å². The third kappa shape index (κ3) is 3.71. The van der Waals surface area contributed by atoms with E-state index in [4.69, 9.17) is 9.47 Å². The number of rotatable bonds is 5. The van der Waals surface area contributed by atoms with Crippen LogP contribution >= 0.6 is 0 Å². The molecule has 1 aliphatic heterocycles. The monoisotopic (exact) mass is 369 g/mol. The van der Waals surface area contributed by atoms with Gasteiger partial charge in [0, 0.05) is 5.56 Å². The molecule has 1 aromatic heterocycles. The second-order valence-electron chi connectivity index (χ2n) is 6.05. The molecule has 138 valence electrons. The van der Waals surface area contributed by atoms with Gasteiger partial charge in [0.15, 0.2) is 11.5 Å². The van der Waals surface area contributed by atoms with E-state index in [0.717, 1.165) is 5.56 Å². The number of tetrazole rings is 1. The Labute approximate surface area is 153 Å². The highest BCUT2D eigenvalue weighted by Crippen LogP contribution is 2.34. The molecule has 0 aliphatic carbocycles. The highest BCUT2D eigenvalue weighted by molar-refractivity contribution is 5.76. The van der Waals surface area contributed by atoms with Crippen LogP contribution in [0, 0.1) is 5.82 Å². The summed E-state index contributed by atoms with van der Waals surface area (Å²) in [6.45, 7) is 1.99. The lowest BCUT2D eigenvalue weighted by Crippen LogP contribution is -2.30. The average molecular weight is 369 g/mol. The molecule has 1 atom stereocenters. The Balaban J connectivity index is 1.38. The molecule has 9 heteroatoms. The van der Waals surface area contributed by atoms with Crippen molar-refractivity contribution in [3.8, 4) is 22.9 Å². The van der Waals surface area contributed by atoms with Crippen LogP contribution in [0.2, 0.25) is 0 Å². The van der Waals surface area contributed by atoms with Crippen LogP contribution in [-0.2, 0) is 11.3 Å². The van der Waals surface area contributed by atoms with Crippen LogP contribution in [0.1, 0.15) is 18.5 Å². The molecule has 2 heterocycles. The van der Waals surface area contributed by atoms with Crippen molar-refractivity contribution in [3.63, 3.8) is 0 Å². The third-order valence-corrected chi connectivity index (χ3v) is 4.11. The summed E-state index contributed by atoms with van der Waals surface area (Å²) in [5, 5.41) is 14.8. The van der Waals surface area contributed by atoms with Gasteiger partial charge in [-0.15, -0.1) is 10.2 Å². The number of amides is 1. The normalized spacial score (nSPS) is 13.4. The Morgan fingerprint density at radius 1 is 1.22 bits per heavy atom. The van der Waals surface area contributed by atoms with E-state index >= 15 is 0 Å². The molecule has 3 aromatic rings. The van der Waals surface area contributed by atoms with Gasteiger partial charge in [0.05, 0.1) is 6.04 Å². The van der Waals surface area contributed by atoms with Gasteiger partial charge in [-0.3, -0.25) is 4.79 Å². The predicted octanol–water partition coefficient (Wildman–Crippen LogP) is 2.09. The van der Waals surface area contributed by atoms with Crippen LogP contribution in [0.3, 0.4) is 0 Å². The van der Waals surface area contributed by atoms with Gasteiger partial charge in [0.2, 0.25) is 18.5 Å². The number of aromatic nitrogens is 4. The summed E-state index contributed by atoms with van der Waals surface area (Å²) in [5.41, 5.74) is 1.52. The van der Waals surface area contributed by atoms with Crippen molar-refractivity contribution in [1.82, 2.24) is 25.5 Å². The summed E-state index contributed by atoms with van der Waals surface area (Å²) < 4.78 is 23.6. The number of fused-ring (bicyclic) bond motifs is 1. The zero-order chi connectivity index (χ0) is 18.8. The smallest absolute Gasteiger partial charge is 0.244 e. The summed E-state index contributed by atoms with van der Waals surface area (Å²) in [7, 11) is 0. The Hall–Kier alpha value is -3.49. The molecule has 1 aliphatic rings. The fraction of sp³-hybridized carbons (Fsp3) is 0.222. The van der Waals surface area contributed by atoms with E-state index in [-0.39, 0.29) is 31.1 Å². The number of carbonyl (C=O) groups is 1. The van der Waals surface area contributed by atoms with Crippen LogP contribution in [0.15, 0.2) is 42.5 Å². The number of hydrogen-bond acceptors (Lipinski definition) is 6. The summed E-state index contributed by atoms with van der Waals surface area (Å²) in [4.78, 5) is 13.5. The molecule has 4 rings (SSSR count). The quantitative estimate of drug-likeness (QED) is 0.740. The fourth-order valence-corrected chi connectivity index (χ4v) is 2.71. The largest absolute Gasteiger partial charge is 0.454 e. The number of ether oxygens (including phenoxy) is 2. The van der Waals surface area contributed by atoms with Gasteiger partial charge < -0.3 is 14.8 Å².